The van der Waals surface area contributed by atoms with Crippen molar-refractivity contribution in [2.24, 2.45) is 0 Å². The Bertz CT molecular complexity index is 1050. The number of aryl methyl sites for hydroxylation is 4. The van der Waals surface area contributed by atoms with Crippen LogP contribution in [0.25, 0.3) is 0 Å². The van der Waals surface area contributed by atoms with Crippen molar-refractivity contribution in [1.82, 2.24) is 4.98 Å². The third-order valence-corrected chi connectivity index (χ3v) is 6.92. The smallest absolute Gasteiger partial charge is 0.348 e. The van der Waals surface area contributed by atoms with Crippen molar-refractivity contribution in [3.8, 4) is 0 Å². The van der Waals surface area contributed by atoms with Crippen LogP contribution in [0.3, 0.4) is 0 Å². The molecule has 0 aliphatic rings. The molecule has 3 aromatic rings. The number of esters is 1. The summed E-state index contributed by atoms with van der Waals surface area (Å²) >= 11 is 2.83. The molecule has 0 atom stereocenters. The molecule has 0 unspecified atom stereocenters. The summed E-state index contributed by atoms with van der Waals surface area (Å²) in [6, 6.07) is 7.75. The molecule has 152 valence electrons. The number of nitrogens with zero attached hydrogens (tertiary/aromatic N) is 2. The molecule has 0 N–H and O–H groups in total. The van der Waals surface area contributed by atoms with Crippen LogP contribution in [0.15, 0.2) is 29.6 Å². The molecule has 0 radical (unpaired) electrons. The van der Waals surface area contributed by atoms with Gasteiger partial charge in [0, 0.05) is 17.2 Å². The minimum atomic E-state index is -0.343. The molecule has 1 amide bonds. The number of amides is 1. The van der Waals surface area contributed by atoms with Crippen LogP contribution in [0, 0.1) is 20.8 Å². The molecule has 0 saturated carbocycles. The summed E-state index contributed by atoms with van der Waals surface area (Å²) in [4.78, 5) is 32.5. The van der Waals surface area contributed by atoms with Gasteiger partial charge in [-0.15, -0.1) is 22.7 Å². The van der Waals surface area contributed by atoms with E-state index in [2.05, 4.69) is 11.9 Å². The summed E-state index contributed by atoms with van der Waals surface area (Å²) in [5.74, 6) is -0.461. The molecule has 2 heterocycles. The number of ether oxygens (including phenoxy) is 1. The average molecular weight is 429 g/mol. The zero-order chi connectivity index (χ0) is 21.1. The van der Waals surface area contributed by atoms with E-state index in [-0.39, 0.29) is 18.5 Å². The lowest BCUT2D eigenvalue weighted by molar-refractivity contribution is -0.115. The van der Waals surface area contributed by atoms with Gasteiger partial charge in [0.25, 0.3) is 0 Å². The zero-order valence-corrected chi connectivity index (χ0v) is 18.9. The number of carbonyl (C=O) groups is 2. The highest BCUT2D eigenvalue weighted by Gasteiger charge is 2.19. The maximum atomic E-state index is 12.3. The largest absolute Gasteiger partial charge is 0.455 e. The number of thiophene rings is 1. The maximum absolute atomic E-state index is 12.3. The van der Waals surface area contributed by atoms with Crippen molar-refractivity contribution < 1.29 is 14.3 Å². The van der Waals surface area contributed by atoms with Crippen molar-refractivity contribution in [2.75, 3.05) is 4.90 Å². The molecule has 3 rings (SSSR count). The summed E-state index contributed by atoms with van der Waals surface area (Å²) in [6.07, 6.45) is 0.901. The van der Waals surface area contributed by atoms with Crippen LogP contribution < -0.4 is 4.90 Å². The molecular weight excluding hydrogens is 404 g/mol. The predicted octanol–water partition coefficient (Wildman–Crippen LogP) is 5.73. The van der Waals surface area contributed by atoms with Gasteiger partial charge >= 0.3 is 5.97 Å². The van der Waals surface area contributed by atoms with Gasteiger partial charge in [0.05, 0.1) is 11.4 Å². The first kappa shape index (κ1) is 21.2. The predicted molar refractivity (Wildman–Crippen MR) is 118 cm³/mol. The van der Waals surface area contributed by atoms with Gasteiger partial charge in [-0.2, -0.15) is 0 Å². The number of carbonyl (C=O) groups excluding carboxylic acids is 2. The fourth-order valence-corrected chi connectivity index (χ4v) is 4.82. The van der Waals surface area contributed by atoms with Crippen molar-refractivity contribution in [3.63, 3.8) is 0 Å². The van der Waals surface area contributed by atoms with Crippen molar-refractivity contribution in [3.05, 3.63) is 61.8 Å². The molecule has 0 bridgehead atoms. The Morgan fingerprint density at radius 2 is 1.86 bits per heavy atom. The minimum absolute atomic E-state index is 0.0758. The lowest BCUT2D eigenvalue weighted by atomic mass is 10.1. The van der Waals surface area contributed by atoms with Gasteiger partial charge < -0.3 is 4.74 Å². The molecule has 29 heavy (non-hydrogen) atoms. The van der Waals surface area contributed by atoms with E-state index in [0.29, 0.717) is 15.7 Å². The number of thiazole rings is 1. The van der Waals surface area contributed by atoms with Gasteiger partial charge in [0.2, 0.25) is 5.91 Å². The molecule has 0 saturated heterocycles. The SMILES string of the molecule is CCc1sc(C(=O)OCc2csc(N(C(C)=O)c3ccc(C)c(C)c3)n2)cc1C. The van der Waals surface area contributed by atoms with Crippen molar-refractivity contribution >= 4 is 45.4 Å². The Kier molecular flexibility index (Phi) is 6.49. The first-order chi connectivity index (χ1) is 13.8. The molecule has 2 aromatic heterocycles. The first-order valence-electron chi connectivity index (χ1n) is 9.39. The lowest BCUT2D eigenvalue weighted by Crippen LogP contribution is -2.22. The number of hydrogen-bond acceptors (Lipinski definition) is 6. The van der Waals surface area contributed by atoms with Crippen molar-refractivity contribution in [1.29, 1.82) is 0 Å². The second-order valence-corrected chi connectivity index (χ2v) is 8.86. The van der Waals surface area contributed by atoms with E-state index in [4.69, 9.17) is 4.74 Å². The van der Waals surface area contributed by atoms with E-state index < -0.39 is 0 Å². The monoisotopic (exact) mass is 428 g/mol. The van der Waals surface area contributed by atoms with Gasteiger partial charge in [0.15, 0.2) is 5.13 Å². The van der Waals surface area contributed by atoms with Crippen LogP contribution in [0.2, 0.25) is 0 Å². The van der Waals surface area contributed by atoms with E-state index >= 15 is 0 Å². The highest BCUT2D eigenvalue weighted by atomic mass is 32.1. The number of anilines is 2. The Morgan fingerprint density at radius 1 is 1.10 bits per heavy atom. The molecule has 0 spiro atoms. The Balaban J connectivity index is 1.73. The minimum Gasteiger partial charge on any atom is -0.455 e. The molecular formula is C22H24N2O3S2. The summed E-state index contributed by atoms with van der Waals surface area (Å²) in [6.45, 7) is 9.71. The van der Waals surface area contributed by atoms with E-state index in [1.165, 1.54) is 40.0 Å². The van der Waals surface area contributed by atoms with Crippen LogP contribution in [0.5, 0.6) is 0 Å². The Hall–Kier alpha value is -2.51. The van der Waals surface area contributed by atoms with E-state index in [1.807, 2.05) is 50.4 Å². The Labute approximate surface area is 179 Å². The molecule has 7 heteroatoms. The van der Waals surface area contributed by atoms with Gasteiger partial charge in [-0.05, 0) is 62.1 Å². The highest BCUT2D eigenvalue weighted by Crippen LogP contribution is 2.30. The van der Waals surface area contributed by atoms with Gasteiger partial charge in [-0.3, -0.25) is 9.69 Å². The van der Waals surface area contributed by atoms with Crippen molar-refractivity contribution in [2.45, 2.75) is 47.6 Å². The Morgan fingerprint density at radius 3 is 2.48 bits per heavy atom. The fourth-order valence-electron chi connectivity index (χ4n) is 2.94. The number of rotatable bonds is 6. The van der Waals surface area contributed by atoms with Crippen LogP contribution in [-0.2, 0) is 22.6 Å². The molecule has 0 aliphatic heterocycles. The van der Waals surface area contributed by atoms with Crippen LogP contribution in [0.1, 0.15) is 50.8 Å². The highest BCUT2D eigenvalue weighted by molar-refractivity contribution is 7.14. The summed E-state index contributed by atoms with van der Waals surface area (Å²) in [7, 11) is 0. The van der Waals surface area contributed by atoms with Gasteiger partial charge in [0.1, 0.15) is 11.5 Å². The third-order valence-electron chi connectivity index (χ3n) is 4.69. The number of aromatic nitrogens is 1. The molecule has 0 aliphatic carbocycles. The standard InChI is InChI=1S/C22H24N2O3S2/c1-6-19-15(4)10-20(29-19)21(26)27-11-17-12-28-22(23-17)24(16(5)25)18-8-7-13(2)14(3)9-18/h7-10,12H,6,11H2,1-5H3. The number of hydrogen-bond donors (Lipinski definition) is 0. The summed E-state index contributed by atoms with van der Waals surface area (Å²) in [5.41, 5.74) is 4.79. The van der Waals surface area contributed by atoms with E-state index in [1.54, 1.807) is 4.90 Å². The second kappa shape index (κ2) is 8.88. The summed E-state index contributed by atoms with van der Waals surface area (Å²) < 4.78 is 5.43. The average Bonchev–Trinajstić information content (AvgIpc) is 3.29. The quantitative estimate of drug-likeness (QED) is 0.470. The van der Waals surface area contributed by atoms with Crippen LogP contribution in [-0.4, -0.2) is 16.9 Å². The third kappa shape index (κ3) is 4.74. The molecule has 1 aromatic carbocycles. The maximum Gasteiger partial charge on any atom is 0.348 e. The summed E-state index contributed by atoms with van der Waals surface area (Å²) in [5, 5.41) is 2.38. The van der Waals surface area contributed by atoms with Gasteiger partial charge in [-0.1, -0.05) is 13.0 Å². The normalized spacial score (nSPS) is 10.8. The van der Waals surface area contributed by atoms with Crippen LogP contribution >= 0.6 is 22.7 Å². The van der Waals surface area contributed by atoms with E-state index in [0.717, 1.165) is 23.2 Å². The zero-order valence-electron chi connectivity index (χ0n) is 17.2. The van der Waals surface area contributed by atoms with Crippen LogP contribution in [0.4, 0.5) is 10.8 Å². The van der Waals surface area contributed by atoms with E-state index in [9.17, 15) is 9.59 Å². The second-order valence-electron chi connectivity index (χ2n) is 6.89. The molecule has 5 nitrogen and oxygen atoms in total. The lowest BCUT2D eigenvalue weighted by Gasteiger charge is -2.19. The topological polar surface area (TPSA) is 59.5 Å². The number of benzene rings is 1. The molecule has 0 fully saturated rings. The fraction of sp³-hybridized carbons (Fsp3) is 0.318. The van der Waals surface area contributed by atoms with Gasteiger partial charge in [-0.25, -0.2) is 9.78 Å². The first-order valence-corrected chi connectivity index (χ1v) is 11.1.